The smallest absolute Gasteiger partial charge is 0.253 e. The van der Waals surface area contributed by atoms with Crippen LogP contribution in [0.5, 0.6) is 0 Å². The van der Waals surface area contributed by atoms with Crippen LogP contribution in [0.2, 0.25) is 0 Å². The summed E-state index contributed by atoms with van der Waals surface area (Å²) < 4.78 is 15.3. The van der Waals surface area contributed by atoms with Gasteiger partial charge < -0.3 is 9.87 Å². The van der Waals surface area contributed by atoms with Gasteiger partial charge in [0.2, 0.25) is 0 Å². The molecule has 2 aromatic rings. The Bertz CT molecular complexity index is 779. The maximum atomic E-state index is 12.8. The minimum Gasteiger partial charge on any atom is -0.598 e. The molecule has 1 amide bonds. The number of nitrogens with zero attached hydrogens (tertiary/aromatic N) is 2. The van der Waals surface area contributed by atoms with Crippen molar-refractivity contribution in [2.45, 2.75) is 44.6 Å². The molecule has 3 heterocycles. The molecule has 0 aromatic carbocycles. The fourth-order valence-corrected chi connectivity index (χ4v) is 6.47. The number of carbonyl (C=O) groups is 1. The topological polar surface area (TPSA) is 68.3 Å². The molecule has 0 bridgehead atoms. The Kier molecular flexibility index (Phi) is 7.55. The van der Waals surface area contributed by atoms with Gasteiger partial charge in [-0.1, -0.05) is 13.0 Å². The van der Waals surface area contributed by atoms with Gasteiger partial charge in [-0.2, -0.15) is 11.3 Å². The Morgan fingerprint density at radius 3 is 2.75 bits per heavy atom. The quantitative estimate of drug-likeness (QED) is 0.600. The van der Waals surface area contributed by atoms with Crippen molar-refractivity contribution in [1.29, 1.82) is 0 Å². The zero-order chi connectivity index (χ0) is 20.1. The number of nitrogens with one attached hydrogen (secondary N) is 1. The van der Waals surface area contributed by atoms with Crippen LogP contribution < -0.4 is 5.32 Å². The van der Waals surface area contributed by atoms with Gasteiger partial charge in [-0.05, 0) is 54.2 Å². The number of piperidine rings is 1. The lowest BCUT2D eigenvalue weighted by molar-refractivity contribution is 0.0893. The standard InChI is InChI=1S/C20H26BrN3O2S2/c1-3-12-28(26)24-10-7-20(8-11-24,18-6-4-5-9-22-18)15(2)23-19(25)16-13-27-14-17(16)21/h4-6,9,13-15H,3,7-8,10-12H2,1-2H3,(H,23,25)/t15-,28?/m0/s1. The van der Waals surface area contributed by atoms with Crippen molar-refractivity contribution in [2.75, 3.05) is 18.8 Å². The largest absolute Gasteiger partial charge is 0.598 e. The fourth-order valence-electron chi connectivity index (χ4n) is 3.82. The Balaban J connectivity index is 1.80. The van der Waals surface area contributed by atoms with E-state index < -0.39 is 11.4 Å². The summed E-state index contributed by atoms with van der Waals surface area (Å²) in [6, 6.07) is 5.86. The Labute approximate surface area is 182 Å². The van der Waals surface area contributed by atoms with Crippen LogP contribution in [0, 0.1) is 0 Å². The summed E-state index contributed by atoms with van der Waals surface area (Å²) in [6.45, 7) is 5.60. The Morgan fingerprint density at radius 2 is 2.18 bits per heavy atom. The number of carbonyl (C=O) groups excluding carboxylic acids is 1. The van der Waals surface area contributed by atoms with Crippen molar-refractivity contribution < 1.29 is 9.35 Å². The first-order valence-electron chi connectivity index (χ1n) is 9.55. The predicted molar refractivity (Wildman–Crippen MR) is 119 cm³/mol. The fraction of sp³-hybridized carbons (Fsp3) is 0.500. The molecule has 1 saturated heterocycles. The molecule has 28 heavy (non-hydrogen) atoms. The highest BCUT2D eigenvalue weighted by Crippen LogP contribution is 2.38. The lowest BCUT2D eigenvalue weighted by Crippen LogP contribution is -2.55. The van der Waals surface area contributed by atoms with Crippen LogP contribution in [0.4, 0.5) is 0 Å². The third-order valence-corrected chi connectivity index (χ3v) is 8.89. The third-order valence-electron chi connectivity index (χ3n) is 5.49. The number of amides is 1. The molecular weight excluding hydrogens is 458 g/mol. The van der Waals surface area contributed by atoms with E-state index in [-0.39, 0.29) is 17.4 Å². The average Bonchev–Trinajstić information content (AvgIpc) is 3.15. The van der Waals surface area contributed by atoms with Crippen molar-refractivity contribution in [1.82, 2.24) is 14.6 Å². The summed E-state index contributed by atoms with van der Waals surface area (Å²) in [5.74, 6) is 0.627. The Hall–Kier alpha value is -0.930. The molecule has 1 aliphatic heterocycles. The molecule has 0 saturated carbocycles. The molecule has 152 valence electrons. The van der Waals surface area contributed by atoms with Gasteiger partial charge in [-0.3, -0.25) is 9.78 Å². The molecule has 0 radical (unpaired) electrons. The van der Waals surface area contributed by atoms with Gasteiger partial charge in [0.15, 0.2) is 0 Å². The molecule has 2 aromatic heterocycles. The van der Waals surface area contributed by atoms with Gasteiger partial charge in [0.05, 0.1) is 5.56 Å². The lowest BCUT2D eigenvalue weighted by Gasteiger charge is -2.44. The maximum Gasteiger partial charge on any atom is 0.253 e. The second kappa shape index (κ2) is 9.71. The van der Waals surface area contributed by atoms with Gasteiger partial charge in [0.1, 0.15) is 5.75 Å². The monoisotopic (exact) mass is 483 g/mol. The third kappa shape index (κ3) is 4.62. The van der Waals surface area contributed by atoms with Gasteiger partial charge in [0, 0.05) is 63.0 Å². The number of rotatable bonds is 7. The van der Waals surface area contributed by atoms with E-state index in [2.05, 4.69) is 44.4 Å². The van der Waals surface area contributed by atoms with Gasteiger partial charge >= 0.3 is 0 Å². The number of thiophene rings is 1. The second-order valence-corrected chi connectivity index (χ2v) is 10.3. The summed E-state index contributed by atoms with van der Waals surface area (Å²) in [5, 5.41) is 6.97. The lowest BCUT2D eigenvalue weighted by atomic mass is 9.70. The van der Waals surface area contributed by atoms with E-state index in [9.17, 15) is 9.35 Å². The summed E-state index contributed by atoms with van der Waals surface area (Å²) in [5.41, 5.74) is 1.38. The number of hydrogen-bond acceptors (Lipinski definition) is 5. The van der Waals surface area contributed by atoms with Crippen molar-refractivity contribution in [3.05, 3.63) is 50.9 Å². The molecule has 8 heteroatoms. The van der Waals surface area contributed by atoms with Crippen LogP contribution >= 0.6 is 27.3 Å². The van der Waals surface area contributed by atoms with Crippen molar-refractivity contribution in [3.63, 3.8) is 0 Å². The van der Waals surface area contributed by atoms with E-state index in [0.29, 0.717) is 11.3 Å². The molecule has 1 fully saturated rings. The molecule has 1 unspecified atom stereocenters. The molecular formula is C20H26BrN3O2S2. The first-order chi connectivity index (χ1) is 13.5. The van der Waals surface area contributed by atoms with Gasteiger partial charge in [-0.15, -0.1) is 4.31 Å². The van der Waals surface area contributed by atoms with Crippen LogP contribution in [0.1, 0.15) is 49.2 Å². The van der Waals surface area contributed by atoms with Crippen molar-refractivity contribution in [2.24, 2.45) is 0 Å². The van der Waals surface area contributed by atoms with Crippen LogP contribution in [0.15, 0.2) is 39.6 Å². The minimum atomic E-state index is -0.927. The highest BCUT2D eigenvalue weighted by atomic mass is 79.9. The number of pyridine rings is 1. The molecule has 0 spiro atoms. The van der Waals surface area contributed by atoms with Crippen LogP contribution in [-0.2, 0) is 16.8 Å². The molecule has 0 aliphatic carbocycles. The first kappa shape index (κ1) is 21.8. The van der Waals surface area contributed by atoms with Crippen molar-refractivity contribution >= 4 is 44.5 Å². The number of aromatic nitrogens is 1. The minimum absolute atomic E-state index is 0.0760. The SMILES string of the molecule is CCC[S+]([O-])N1CCC(c2ccccn2)([C@H](C)NC(=O)c2cscc2Br)CC1. The van der Waals surface area contributed by atoms with E-state index in [1.165, 1.54) is 11.3 Å². The predicted octanol–water partition coefficient (Wildman–Crippen LogP) is 4.13. The first-order valence-corrected chi connectivity index (χ1v) is 12.6. The normalized spacial score (nSPS) is 19.1. The zero-order valence-electron chi connectivity index (χ0n) is 16.2. The van der Waals surface area contributed by atoms with Gasteiger partial charge in [0.25, 0.3) is 5.91 Å². The van der Waals surface area contributed by atoms with Crippen LogP contribution in [0.25, 0.3) is 0 Å². The summed E-state index contributed by atoms with van der Waals surface area (Å²) in [7, 11) is 0. The van der Waals surface area contributed by atoms with E-state index >= 15 is 0 Å². The summed E-state index contributed by atoms with van der Waals surface area (Å²) in [4.78, 5) is 17.4. The molecule has 3 rings (SSSR count). The number of hydrogen-bond donors (Lipinski definition) is 1. The average molecular weight is 484 g/mol. The highest BCUT2D eigenvalue weighted by molar-refractivity contribution is 9.10. The van der Waals surface area contributed by atoms with Gasteiger partial charge in [-0.25, -0.2) is 0 Å². The van der Waals surface area contributed by atoms with E-state index in [1.54, 1.807) is 0 Å². The van der Waals surface area contributed by atoms with Crippen molar-refractivity contribution in [3.8, 4) is 0 Å². The summed E-state index contributed by atoms with van der Waals surface area (Å²) in [6.07, 6.45) is 4.34. The van der Waals surface area contributed by atoms with Crippen LogP contribution in [-0.4, -0.2) is 44.6 Å². The molecule has 2 atom stereocenters. The Morgan fingerprint density at radius 1 is 1.43 bits per heavy atom. The van der Waals surface area contributed by atoms with Crippen LogP contribution in [0.3, 0.4) is 0 Å². The van der Waals surface area contributed by atoms with E-state index in [1.807, 2.05) is 35.2 Å². The molecule has 5 nitrogen and oxygen atoms in total. The highest BCUT2D eigenvalue weighted by Gasteiger charge is 2.44. The molecule has 1 N–H and O–H groups in total. The zero-order valence-corrected chi connectivity index (χ0v) is 19.4. The van der Waals surface area contributed by atoms with E-state index in [4.69, 9.17) is 0 Å². The summed E-state index contributed by atoms with van der Waals surface area (Å²) >= 11 is 4.02. The second-order valence-electron chi connectivity index (χ2n) is 7.15. The number of halogens is 1. The maximum absolute atomic E-state index is 12.8. The molecule has 1 aliphatic rings. The van der Waals surface area contributed by atoms with E-state index in [0.717, 1.165) is 42.5 Å².